The third kappa shape index (κ3) is 7.59. The van der Waals surface area contributed by atoms with E-state index in [1.165, 1.54) is 26.9 Å². The Labute approximate surface area is 368 Å². The summed E-state index contributed by atoms with van der Waals surface area (Å²) >= 11 is 0. The van der Waals surface area contributed by atoms with Crippen molar-refractivity contribution in [3.05, 3.63) is 237 Å². The van der Waals surface area contributed by atoms with Crippen LogP contribution in [0.4, 0.5) is 0 Å². The lowest BCUT2D eigenvalue weighted by atomic mass is 9.91. The number of pyridine rings is 1. The summed E-state index contributed by atoms with van der Waals surface area (Å²) in [6, 6.07) is 83.4. The molecule has 0 unspecified atom stereocenters. The van der Waals surface area contributed by atoms with Gasteiger partial charge in [0.25, 0.3) is 0 Å². The van der Waals surface area contributed by atoms with Crippen molar-refractivity contribution < 1.29 is 0 Å². The van der Waals surface area contributed by atoms with Crippen LogP contribution in [0, 0.1) is 0 Å². The van der Waals surface area contributed by atoms with Crippen molar-refractivity contribution in [1.29, 1.82) is 0 Å². The van der Waals surface area contributed by atoms with Crippen molar-refractivity contribution >= 4 is 45.5 Å². The van der Waals surface area contributed by atoms with Gasteiger partial charge in [0, 0.05) is 38.4 Å². The zero-order valence-electron chi connectivity index (χ0n) is 34.3. The first-order valence-electron chi connectivity index (χ1n) is 21.1. The van der Waals surface area contributed by atoms with Crippen LogP contribution in [-0.2, 0) is 0 Å². The number of hydrogen-bond acceptors (Lipinski definition) is 4. The van der Waals surface area contributed by atoms with Gasteiger partial charge in [-0.05, 0) is 58.2 Å². The molecule has 0 atom stereocenters. The summed E-state index contributed by atoms with van der Waals surface area (Å²) in [5.74, 6) is 1.91. The minimum Gasteiger partial charge on any atom is -0.247 e. The normalized spacial score (nSPS) is 11.3. The van der Waals surface area contributed by atoms with Gasteiger partial charge in [0.1, 0.15) is 0 Å². The molecule has 0 aliphatic carbocycles. The number of aromatic nitrogens is 4. The summed E-state index contributed by atoms with van der Waals surface area (Å²) in [7, 11) is -0.731. The Kier molecular flexibility index (Phi) is 10.2. The van der Waals surface area contributed by atoms with Crippen molar-refractivity contribution in [2.24, 2.45) is 0 Å². The monoisotopic (exact) mass is 822 g/mol. The maximum atomic E-state index is 5.17. The largest absolute Gasteiger partial charge is 0.247 e. The number of hydrogen-bond donors (Lipinski definition) is 0. The fourth-order valence-corrected chi connectivity index (χ4v) is 10.7. The molecule has 63 heavy (non-hydrogen) atoms. The summed E-state index contributed by atoms with van der Waals surface area (Å²) in [6.07, 6.45) is 0. The van der Waals surface area contributed by atoms with Gasteiger partial charge in [-0.1, -0.05) is 224 Å². The molecule has 4 nitrogen and oxygen atoms in total. The van der Waals surface area contributed by atoms with Crippen LogP contribution in [0.3, 0.4) is 0 Å². The highest BCUT2D eigenvalue weighted by Crippen LogP contribution is 2.40. The number of fused-ring (bicyclic) bond motifs is 3. The van der Waals surface area contributed by atoms with E-state index in [2.05, 4.69) is 200 Å². The maximum absolute atomic E-state index is 5.17. The molecule has 11 aromatic rings. The highest BCUT2D eigenvalue weighted by atomic mass is 31.1. The third-order valence-electron chi connectivity index (χ3n) is 11.5. The molecule has 0 saturated carbocycles. The van der Waals surface area contributed by atoms with E-state index in [0.29, 0.717) is 17.5 Å². The molecule has 0 saturated heterocycles. The molecular formula is C58H39N4P. The Bertz CT molecular complexity index is 3320. The molecular weight excluding hydrogens is 784 g/mol. The van der Waals surface area contributed by atoms with Gasteiger partial charge in [0.05, 0.1) is 11.2 Å². The lowest BCUT2D eigenvalue weighted by molar-refractivity contribution is 1.07. The molecule has 0 aliphatic heterocycles. The lowest BCUT2D eigenvalue weighted by Crippen LogP contribution is -2.20. The molecule has 2 heterocycles. The summed E-state index contributed by atoms with van der Waals surface area (Å²) in [4.78, 5) is 20.4. The quantitative estimate of drug-likeness (QED) is 0.107. The molecule has 296 valence electrons. The summed E-state index contributed by atoms with van der Waals surface area (Å²) in [5.41, 5.74) is 10.5. The first-order chi connectivity index (χ1) is 31.2. The molecule has 0 amide bonds. The smallest absolute Gasteiger partial charge is 0.164 e. The third-order valence-corrected chi connectivity index (χ3v) is 13.9. The van der Waals surface area contributed by atoms with E-state index in [9.17, 15) is 0 Å². The van der Waals surface area contributed by atoms with E-state index >= 15 is 0 Å². The van der Waals surface area contributed by atoms with Crippen molar-refractivity contribution in [2.45, 2.75) is 0 Å². The molecule has 9 aromatic carbocycles. The molecule has 2 aromatic heterocycles. The van der Waals surface area contributed by atoms with Crippen LogP contribution in [-0.4, -0.2) is 19.9 Å². The average Bonchev–Trinajstić information content (AvgIpc) is 3.37. The predicted octanol–water partition coefficient (Wildman–Crippen LogP) is 13.3. The van der Waals surface area contributed by atoms with Crippen molar-refractivity contribution in [1.82, 2.24) is 19.9 Å². The maximum Gasteiger partial charge on any atom is 0.164 e. The fraction of sp³-hybridized carbons (Fsp3) is 0. The van der Waals surface area contributed by atoms with E-state index < -0.39 is 7.92 Å². The minimum absolute atomic E-state index is 0.629. The van der Waals surface area contributed by atoms with Gasteiger partial charge in [-0.3, -0.25) is 0 Å². The zero-order chi connectivity index (χ0) is 42.0. The number of rotatable bonds is 9. The zero-order valence-corrected chi connectivity index (χ0v) is 35.1. The van der Waals surface area contributed by atoms with E-state index in [1.54, 1.807) is 0 Å². The van der Waals surface area contributed by atoms with Crippen LogP contribution < -0.4 is 15.9 Å². The highest BCUT2D eigenvalue weighted by molar-refractivity contribution is 7.79. The van der Waals surface area contributed by atoms with Gasteiger partial charge in [0.2, 0.25) is 0 Å². The van der Waals surface area contributed by atoms with E-state index in [-0.39, 0.29) is 0 Å². The van der Waals surface area contributed by atoms with Gasteiger partial charge in [-0.2, -0.15) is 0 Å². The summed E-state index contributed by atoms with van der Waals surface area (Å²) < 4.78 is 0. The Morgan fingerprint density at radius 3 is 1.32 bits per heavy atom. The number of nitrogens with zero attached hydrogens (tertiary/aromatic N) is 4. The molecule has 11 rings (SSSR count). The van der Waals surface area contributed by atoms with E-state index in [4.69, 9.17) is 19.9 Å². The molecule has 0 N–H and O–H groups in total. The molecule has 0 radical (unpaired) electrons. The topological polar surface area (TPSA) is 51.6 Å². The summed E-state index contributed by atoms with van der Waals surface area (Å²) in [6.45, 7) is 0. The molecule has 0 fully saturated rings. The average molecular weight is 823 g/mol. The standard InChI is InChI=1S/C58H39N4P/c1-5-17-41(18-6-1)55-52-29-16-28-50(54(52)51-27-13-14-30-53(51)59-55)46-22-15-21-45(39-46)40-31-33-43(34-32-40)57-60-56(42-19-7-2-8-20-42)61-58(62-57)44-35-37-49(38-36-44)63(47-23-9-3-10-24-47)48-25-11-4-12-26-48/h1-39H. The molecule has 0 spiro atoms. The Morgan fingerprint density at radius 2 is 0.698 bits per heavy atom. The van der Waals surface area contributed by atoms with Crippen molar-refractivity contribution in [3.63, 3.8) is 0 Å². The van der Waals surface area contributed by atoms with Gasteiger partial charge < -0.3 is 0 Å². The van der Waals surface area contributed by atoms with Crippen LogP contribution in [0.5, 0.6) is 0 Å². The second-order valence-electron chi connectivity index (χ2n) is 15.5. The minimum atomic E-state index is -0.731. The first-order valence-corrected chi connectivity index (χ1v) is 22.5. The van der Waals surface area contributed by atoms with Crippen LogP contribution in [0.2, 0.25) is 0 Å². The van der Waals surface area contributed by atoms with E-state index in [0.717, 1.165) is 60.9 Å². The van der Waals surface area contributed by atoms with Crippen LogP contribution in [0.25, 0.3) is 89.4 Å². The van der Waals surface area contributed by atoms with Crippen molar-refractivity contribution in [3.8, 4) is 67.7 Å². The second-order valence-corrected chi connectivity index (χ2v) is 17.7. The Balaban J connectivity index is 0.951. The number of para-hydroxylation sites is 1. The van der Waals surface area contributed by atoms with Crippen LogP contribution in [0.15, 0.2) is 237 Å². The van der Waals surface area contributed by atoms with E-state index in [1.807, 2.05) is 36.4 Å². The molecule has 0 bridgehead atoms. The van der Waals surface area contributed by atoms with Crippen molar-refractivity contribution in [2.75, 3.05) is 0 Å². The van der Waals surface area contributed by atoms with Crippen LogP contribution in [0.1, 0.15) is 0 Å². The molecule has 0 aliphatic rings. The first kappa shape index (κ1) is 38.0. The number of benzene rings is 9. The predicted molar refractivity (Wildman–Crippen MR) is 264 cm³/mol. The SMILES string of the molecule is c1ccc(-c2nc(-c3ccc(-c4cccc(-c5cccc6c(-c7ccccc7)nc7ccccc7c56)c4)cc3)nc(-c3ccc(P(c4ccccc4)c4ccccc4)cc3)n2)cc1. The van der Waals surface area contributed by atoms with Gasteiger partial charge in [0.15, 0.2) is 17.5 Å². The van der Waals surface area contributed by atoms with Gasteiger partial charge in [-0.25, -0.2) is 19.9 Å². The second kappa shape index (κ2) is 16.9. The lowest BCUT2D eigenvalue weighted by Gasteiger charge is -2.19. The Morgan fingerprint density at radius 1 is 0.270 bits per heavy atom. The van der Waals surface area contributed by atoms with Gasteiger partial charge >= 0.3 is 0 Å². The molecule has 5 heteroatoms. The highest BCUT2D eigenvalue weighted by Gasteiger charge is 2.19. The summed E-state index contributed by atoms with van der Waals surface area (Å²) in [5, 5.41) is 7.38. The Hall–Kier alpha value is -7.91. The van der Waals surface area contributed by atoms with Gasteiger partial charge in [-0.15, -0.1) is 0 Å². The fourth-order valence-electron chi connectivity index (χ4n) is 8.45. The van der Waals surface area contributed by atoms with Crippen LogP contribution >= 0.6 is 7.92 Å².